The zero-order valence-corrected chi connectivity index (χ0v) is 21.9. The molecule has 3 aliphatic carbocycles. The molecule has 0 aromatic heterocycles. The minimum atomic E-state index is -1.15. The number of hydrogen-bond acceptors (Lipinski definition) is 7. The molecule has 200 valence electrons. The number of likely N-dealkylation sites (tertiary alicyclic amines) is 1. The fourth-order valence-corrected chi connectivity index (χ4v) is 7.93. The van der Waals surface area contributed by atoms with Crippen molar-refractivity contribution in [3.8, 4) is 11.5 Å². The Bertz CT molecular complexity index is 1310. The van der Waals surface area contributed by atoms with Crippen LogP contribution in [0, 0.1) is 0 Å². The Morgan fingerprint density at radius 3 is 2.63 bits per heavy atom. The average Bonchev–Trinajstić information content (AvgIpc) is 3.59. The number of benzene rings is 2. The number of carbonyl (C=O) groups is 2. The molecule has 1 spiro atoms. The number of esters is 1. The second-order valence-electron chi connectivity index (χ2n) is 11.6. The summed E-state index contributed by atoms with van der Waals surface area (Å²) in [4.78, 5) is 27.4. The van der Waals surface area contributed by atoms with Gasteiger partial charge in [-0.2, -0.15) is 0 Å². The van der Waals surface area contributed by atoms with Crippen LogP contribution in [0.5, 0.6) is 11.5 Å². The van der Waals surface area contributed by atoms with Crippen LogP contribution in [0.2, 0.25) is 0 Å². The Balaban J connectivity index is 1.30. The lowest BCUT2D eigenvalue weighted by Crippen LogP contribution is -2.79. The Morgan fingerprint density at radius 1 is 1.13 bits per heavy atom. The molecule has 1 unspecified atom stereocenters. The number of carbonyl (C=O) groups excluding carboxylic acids is 2. The summed E-state index contributed by atoms with van der Waals surface area (Å²) in [6, 6.07) is 13.7. The van der Waals surface area contributed by atoms with Gasteiger partial charge in [0.15, 0.2) is 17.1 Å². The molecule has 7 rings (SSSR count). The molecule has 2 bridgehead atoms. The van der Waals surface area contributed by atoms with Gasteiger partial charge < -0.3 is 29.5 Å². The molecule has 1 saturated heterocycles. The summed E-state index contributed by atoms with van der Waals surface area (Å²) in [5, 5.41) is 16.1. The molecule has 5 aliphatic rings. The maximum atomic E-state index is 13.8. The lowest BCUT2D eigenvalue weighted by Gasteiger charge is -2.64. The summed E-state index contributed by atoms with van der Waals surface area (Å²) >= 11 is 0. The Morgan fingerprint density at radius 2 is 1.92 bits per heavy atom. The number of aliphatic hydroxyl groups is 1. The van der Waals surface area contributed by atoms with E-state index < -0.39 is 28.6 Å². The fourth-order valence-electron chi connectivity index (χ4n) is 7.93. The Hall–Kier alpha value is -3.10. The van der Waals surface area contributed by atoms with Crippen LogP contribution in [0.1, 0.15) is 55.7 Å². The number of nitrogens with zero attached hydrogens (tertiary/aromatic N) is 1. The third kappa shape index (κ3) is 3.10. The van der Waals surface area contributed by atoms with Gasteiger partial charge in [-0.05, 0) is 49.9 Å². The normalized spacial score (nSPS) is 33.1. The third-order valence-electron chi connectivity index (χ3n) is 9.75. The lowest BCUT2D eigenvalue weighted by molar-refractivity contribution is -0.201. The quantitative estimate of drug-likeness (QED) is 0.568. The largest absolute Gasteiger partial charge is 0.485 e. The van der Waals surface area contributed by atoms with Gasteiger partial charge in [-0.25, -0.2) is 0 Å². The highest BCUT2D eigenvalue weighted by atomic mass is 16.6. The number of amides is 1. The van der Waals surface area contributed by atoms with Crippen molar-refractivity contribution in [3.63, 3.8) is 0 Å². The van der Waals surface area contributed by atoms with E-state index >= 15 is 0 Å². The van der Waals surface area contributed by atoms with Gasteiger partial charge in [-0.3, -0.25) is 9.59 Å². The number of nitrogens with one attached hydrogen (secondary N) is 1. The van der Waals surface area contributed by atoms with Gasteiger partial charge in [0, 0.05) is 37.9 Å². The van der Waals surface area contributed by atoms with Crippen molar-refractivity contribution in [1.82, 2.24) is 10.2 Å². The Kier molecular flexibility index (Phi) is 5.17. The van der Waals surface area contributed by atoms with Crippen molar-refractivity contribution >= 4 is 11.9 Å². The molecular weight excluding hydrogens is 484 g/mol. The van der Waals surface area contributed by atoms with Crippen LogP contribution in [0.4, 0.5) is 0 Å². The van der Waals surface area contributed by atoms with E-state index in [1.54, 1.807) is 0 Å². The summed E-state index contributed by atoms with van der Waals surface area (Å²) < 4.78 is 18.6. The first kappa shape index (κ1) is 24.0. The molecular formula is C30H34N2O6. The molecule has 5 atom stereocenters. The van der Waals surface area contributed by atoms with Gasteiger partial charge in [-0.15, -0.1) is 0 Å². The van der Waals surface area contributed by atoms with E-state index in [4.69, 9.17) is 14.2 Å². The molecule has 2 N–H and O–H groups in total. The van der Waals surface area contributed by atoms with Crippen LogP contribution in [-0.2, 0) is 32.8 Å². The maximum Gasteiger partial charge on any atom is 0.303 e. The molecule has 3 fully saturated rings. The van der Waals surface area contributed by atoms with Gasteiger partial charge in [-0.1, -0.05) is 36.4 Å². The summed E-state index contributed by atoms with van der Waals surface area (Å²) in [6.07, 6.45) is 3.19. The van der Waals surface area contributed by atoms with Gasteiger partial charge in [0.25, 0.3) is 5.91 Å². The molecule has 2 heterocycles. The number of rotatable bonds is 6. The molecule has 2 aromatic rings. The maximum absolute atomic E-state index is 13.8. The minimum Gasteiger partial charge on any atom is -0.485 e. The molecule has 2 saturated carbocycles. The van der Waals surface area contributed by atoms with E-state index in [0.717, 1.165) is 28.9 Å². The average molecular weight is 519 g/mol. The summed E-state index contributed by atoms with van der Waals surface area (Å²) in [7, 11) is 1.95. The topological polar surface area (TPSA) is 97.3 Å². The van der Waals surface area contributed by atoms with Crippen LogP contribution in [0.25, 0.3) is 0 Å². The fraction of sp³-hybridized carbons (Fsp3) is 0.533. The summed E-state index contributed by atoms with van der Waals surface area (Å²) in [5.74, 6) is 0.820. The predicted molar refractivity (Wildman–Crippen MR) is 138 cm³/mol. The van der Waals surface area contributed by atoms with Crippen LogP contribution < -0.4 is 14.8 Å². The molecule has 0 radical (unpaired) electrons. The highest BCUT2D eigenvalue weighted by Crippen LogP contribution is 2.66. The first-order chi connectivity index (χ1) is 18.3. The van der Waals surface area contributed by atoms with E-state index in [0.29, 0.717) is 51.0 Å². The molecule has 2 aromatic carbocycles. The van der Waals surface area contributed by atoms with Crippen LogP contribution in [-0.4, -0.2) is 64.9 Å². The highest BCUT2D eigenvalue weighted by molar-refractivity contribution is 5.91. The monoisotopic (exact) mass is 518 g/mol. The molecule has 8 heteroatoms. The minimum absolute atomic E-state index is 0.0642. The van der Waals surface area contributed by atoms with E-state index in [1.165, 1.54) is 6.92 Å². The van der Waals surface area contributed by atoms with E-state index in [2.05, 4.69) is 11.4 Å². The standard InChI is InChI=1S/C30H34N2O6/c1-18(33)38-28(12-13-28)27(34)32-15-14-29-24-20-8-9-22(36-17-19-6-4-3-5-7-19)25(24)37-26(29)21(31-2)10-11-30(29,35)23(32)16-20/h3-9,21,23,26,31,35H,10-17H2,1-2H3/t21-,23?,26-,29-,30+/m0/s1. The second-order valence-corrected chi connectivity index (χ2v) is 11.6. The van der Waals surface area contributed by atoms with Gasteiger partial charge in [0.2, 0.25) is 0 Å². The van der Waals surface area contributed by atoms with E-state index in [1.807, 2.05) is 48.3 Å². The van der Waals surface area contributed by atoms with Crippen molar-refractivity contribution < 1.29 is 28.9 Å². The number of ether oxygens (including phenoxy) is 3. The van der Waals surface area contributed by atoms with Crippen LogP contribution in [0.3, 0.4) is 0 Å². The molecule has 2 aliphatic heterocycles. The van der Waals surface area contributed by atoms with E-state index in [9.17, 15) is 14.7 Å². The lowest BCUT2D eigenvalue weighted by atomic mass is 9.48. The summed E-state index contributed by atoms with van der Waals surface area (Å²) in [5.41, 5.74) is 0.357. The summed E-state index contributed by atoms with van der Waals surface area (Å²) in [6.45, 7) is 2.26. The molecule has 1 amide bonds. The number of hydrogen-bond donors (Lipinski definition) is 2. The van der Waals surface area contributed by atoms with Crippen molar-refractivity contribution in [1.29, 1.82) is 0 Å². The second kappa shape index (κ2) is 8.20. The van der Waals surface area contributed by atoms with Gasteiger partial charge in [0.05, 0.1) is 17.1 Å². The van der Waals surface area contributed by atoms with Crippen LogP contribution in [0.15, 0.2) is 42.5 Å². The van der Waals surface area contributed by atoms with E-state index in [-0.39, 0.29) is 18.1 Å². The molecule has 8 nitrogen and oxygen atoms in total. The van der Waals surface area contributed by atoms with Gasteiger partial charge in [0.1, 0.15) is 12.7 Å². The highest BCUT2D eigenvalue weighted by Gasteiger charge is 2.74. The van der Waals surface area contributed by atoms with Gasteiger partial charge >= 0.3 is 5.97 Å². The Labute approximate surface area is 222 Å². The molecule has 38 heavy (non-hydrogen) atoms. The van der Waals surface area contributed by atoms with Crippen molar-refractivity contribution in [2.75, 3.05) is 13.6 Å². The van der Waals surface area contributed by atoms with Crippen LogP contribution >= 0.6 is 0 Å². The zero-order valence-electron chi connectivity index (χ0n) is 21.9. The third-order valence-corrected chi connectivity index (χ3v) is 9.75. The zero-order chi connectivity index (χ0) is 26.3. The first-order valence-electron chi connectivity index (χ1n) is 13.7. The first-order valence-corrected chi connectivity index (χ1v) is 13.7. The number of likely N-dealkylation sites (N-methyl/N-ethyl adjacent to an activating group) is 1. The SMILES string of the molecule is CN[C@H]1CC[C@@]2(O)C3Cc4ccc(OCc5ccccc5)c5c4[C@@]2(CCN3C(=O)C2(OC(C)=O)CC2)[C@H]1O5. The number of piperidine rings is 1. The van der Waals surface area contributed by atoms with Crippen molar-refractivity contribution in [2.24, 2.45) is 0 Å². The smallest absolute Gasteiger partial charge is 0.303 e. The van der Waals surface area contributed by atoms with Crippen molar-refractivity contribution in [2.45, 2.75) is 86.9 Å². The van der Waals surface area contributed by atoms with Crippen molar-refractivity contribution in [3.05, 3.63) is 59.2 Å². The predicted octanol–water partition coefficient (Wildman–Crippen LogP) is 2.63.